The van der Waals surface area contributed by atoms with Gasteiger partial charge in [0.1, 0.15) is 0 Å². The first-order chi connectivity index (χ1) is 53.0. The Balaban J connectivity index is 0.0000000844. The molecule has 27 rings (SSSR count). The van der Waals surface area contributed by atoms with Crippen LogP contribution in [-0.4, -0.2) is 24.9 Å². The van der Waals surface area contributed by atoms with Gasteiger partial charge in [0, 0.05) is 109 Å². The maximum atomic E-state index is 3.65. The number of aromatic nitrogens is 5. The zero-order valence-corrected chi connectivity index (χ0v) is 58.4. The Bertz CT molecular complexity index is 7700. The van der Waals surface area contributed by atoms with Gasteiger partial charge in [-0.05, 0) is 247 Å². The minimum absolute atomic E-state index is 1.03. The van der Waals surface area contributed by atoms with Crippen molar-refractivity contribution in [1.29, 1.82) is 0 Å². The van der Waals surface area contributed by atoms with E-state index in [1.165, 1.54) is 252 Å². The van der Waals surface area contributed by atoms with Gasteiger partial charge in [-0.1, -0.05) is 237 Å². The summed E-state index contributed by atoms with van der Waals surface area (Å²) in [6.45, 7) is 0. The van der Waals surface area contributed by atoms with E-state index in [1.807, 2.05) is 0 Å². The van der Waals surface area contributed by atoms with Crippen molar-refractivity contribution in [2.45, 2.75) is 25.7 Å². The highest BCUT2D eigenvalue weighted by molar-refractivity contribution is 6.28. The second-order valence-corrected chi connectivity index (χ2v) is 30.1. The molecular formula is C102H65N5. The molecule has 0 bridgehead atoms. The average molecular weight is 1360 g/mol. The van der Waals surface area contributed by atoms with E-state index < -0.39 is 0 Å². The standard InChI is InChI=1S/2C27H17N.C25H16N2.C23H15N/c1-2-6-20-16(5-1)13-19-10-9-17-15-23-18(14-22(17)26(19)20)11-12-25-27(23)21-7-3-4-8-24(21)28-25;1-2-6-18-16(5-1)15-17-9-10-19-20-13-14-25-27(22(20)12-11-21(19)26(17)18)23-7-3-4-8-24(23)28-25;1-2-6-16-14(5-1)9-15-10-23-20(11-18(15)16)21-12-19-17-7-3-4-8-22(17)26-24(19)13-25(21)27-23;1-2-6-16-14(5-1)13-15-9-10-18-17(22(15)16)11-12-21-23(18)19-7-3-4-8-20(19)24-21/h1-12,14-15,28H,13H2;1-14,28H,15H2;1-8,10-13,26-27H,9H2;1-12,24H,13H2. The predicted molar refractivity (Wildman–Crippen MR) is 453 cm³/mol. The van der Waals surface area contributed by atoms with Gasteiger partial charge in [-0.2, -0.15) is 0 Å². The zero-order valence-electron chi connectivity index (χ0n) is 58.4. The molecule has 5 aromatic heterocycles. The van der Waals surface area contributed by atoms with Gasteiger partial charge < -0.3 is 24.9 Å². The lowest BCUT2D eigenvalue weighted by molar-refractivity contribution is 1.27. The van der Waals surface area contributed by atoms with Crippen molar-refractivity contribution in [3.8, 4) is 44.5 Å². The zero-order chi connectivity index (χ0) is 69.7. The highest BCUT2D eigenvalue weighted by Gasteiger charge is 2.26. The fraction of sp³-hybridized carbons (Fsp3) is 0.0392. The molecule has 0 aliphatic heterocycles. The minimum atomic E-state index is 1.03. The Morgan fingerprint density at radius 1 is 0.150 bits per heavy atom. The smallest absolute Gasteiger partial charge is 0.0486 e. The summed E-state index contributed by atoms with van der Waals surface area (Å²) in [5, 5.41) is 26.5. The van der Waals surface area contributed by atoms with Crippen molar-refractivity contribution in [2.24, 2.45) is 0 Å². The summed E-state index contributed by atoms with van der Waals surface area (Å²) in [7, 11) is 0. The minimum Gasteiger partial charge on any atom is -0.354 e. The van der Waals surface area contributed by atoms with E-state index in [0.29, 0.717) is 0 Å². The van der Waals surface area contributed by atoms with Crippen molar-refractivity contribution in [3.05, 3.63) is 360 Å². The number of H-pyrrole nitrogens is 5. The van der Waals surface area contributed by atoms with Crippen LogP contribution in [0.3, 0.4) is 0 Å². The summed E-state index contributed by atoms with van der Waals surface area (Å²) in [5.74, 6) is 0. The summed E-state index contributed by atoms with van der Waals surface area (Å²) < 4.78 is 0. The van der Waals surface area contributed by atoms with E-state index in [-0.39, 0.29) is 0 Å². The molecule has 18 aromatic carbocycles. The van der Waals surface area contributed by atoms with Crippen LogP contribution in [0.4, 0.5) is 0 Å². The number of fused-ring (bicyclic) bond motifs is 39. The van der Waals surface area contributed by atoms with Gasteiger partial charge in [0.25, 0.3) is 0 Å². The lowest BCUT2D eigenvalue weighted by atomic mass is 9.93. The third kappa shape index (κ3) is 8.74. The fourth-order valence-corrected chi connectivity index (χ4v) is 19.6. The van der Waals surface area contributed by atoms with Crippen LogP contribution in [-0.2, 0) is 25.7 Å². The van der Waals surface area contributed by atoms with Crippen molar-refractivity contribution in [3.63, 3.8) is 0 Å². The Hall–Kier alpha value is -13.7. The normalized spacial score (nSPS) is 12.9. The molecule has 5 N–H and O–H groups in total. The Morgan fingerprint density at radius 3 is 1.08 bits per heavy atom. The molecule has 0 atom stereocenters. The van der Waals surface area contributed by atoms with Gasteiger partial charge in [0.15, 0.2) is 0 Å². The van der Waals surface area contributed by atoms with E-state index in [0.717, 1.165) is 25.7 Å². The molecule has 5 nitrogen and oxygen atoms in total. The molecule has 5 heterocycles. The summed E-state index contributed by atoms with van der Waals surface area (Å²) in [6.07, 6.45) is 4.16. The fourth-order valence-electron chi connectivity index (χ4n) is 19.6. The first-order valence-electron chi connectivity index (χ1n) is 37.5. The summed E-state index contributed by atoms with van der Waals surface area (Å²) >= 11 is 0. The van der Waals surface area contributed by atoms with Crippen LogP contribution in [0.25, 0.3) is 207 Å². The summed E-state index contributed by atoms with van der Waals surface area (Å²) in [4.78, 5) is 17.9. The largest absolute Gasteiger partial charge is 0.354 e. The Morgan fingerprint density at radius 2 is 0.486 bits per heavy atom. The third-order valence-corrected chi connectivity index (χ3v) is 24.4. The van der Waals surface area contributed by atoms with Crippen molar-refractivity contribution in [1.82, 2.24) is 24.9 Å². The quantitative estimate of drug-likeness (QED) is 0.0741. The van der Waals surface area contributed by atoms with E-state index in [9.17, 15) is 0 Å². The lowest BCUT2D eigenvalue weighted by Crippen LogP contribution is -1.85. The first-order valence-corrected chi connectivity index (χ1v) is 37.5. The molecule has 0 fully saturated rings. The molecule has 4 aliphatic carbocycles. The average Bonchev–Trinajstić information content (AvgIpc) is 1.60. The van der Waals surface area contributed by atoms with Crippen molar-refractivity contribution >= 4 is 163 Å². The summed E-state index contributed by atoms with van der Waals surface area (Å²) in [5.41, 5.74) is 34.8. The van der Waals surface area contributed by atoms with Crippen molar-refractivity contribution < 1.29 is 0 Å². The molecule has 498 valence electrons. The summed E-state index contributed by atoms with van der Waals surface area (Å²) in [6, 6.07) is 116. The maximum Gasteiger partial charge on any atom is 0.0486 e. The number of rotatable bonds is 0. The number of hydrogen-bond acceptors (Lipinski definition) is 0. The first kappa shape index (κ1) is 58.7. The van der Waals surface area contributed by atoms with Crippen LogP contribution in [0, 0.1) is 0 Å². The highest BCUT2D eigenvalue weighted by Crippen LogP contribution is 2.49. The predicted octanol–water partition coefficient (Wildman–Crippen LogP) is 27.0. The van der Waals surface area contributed by atoms with E-state index in [1.54, 1.807) is 0 Å². The molecule has 4 aliphatic rings. The van der Waals surface area contributed by atoms with Crippen LogP contribution < -0.4 is 0 Å². The van der Waals surface area contributed by atoms with Gasteiger partial charge in [-0.25, -0.2) is 0 Å². The lowest BCUT2D eigenvalue weighted by Gasteiger charge is -2.11. The maximum absolute atomic E-state index is 3.65. The van der Waals surface area contributed by atoms with E-state index in [4.69, 9.17) is 0 Å². The van der Waals surface area contributed by atoms with Crippen molar-refractivity contribution in [2.75, 3.05) is 0 Å². The van der Waals surface area contributed by atoms with Crippen LogP contribution in [0.5, 0.6) is 0 Å². The van der Waals surface area contributed by atoms with Crippen LogP contribution in [0.15, 0.2) is 315 Å². The number of nitrogens with one attached hydrogen (secondary N) is 5. The molecule has 0 spiro atoms. The van der Waals surface area contributed by atoms with E-state index >= 15 is 0 Å². The second-order valence-electron chi connectivity index (χ2n) is 30.1. The Labute approximate surface area is 614 Å². The molecule has 5 heteroatoms. The number of benzene rings is 18. The van der Waals surface area contributed by atoms with Gasteiger partial charge in [0.2, 0.25) is 0 Å². The molecule has 23 aromatic rings. The SMILES string of the molecule is c1ccc2c(c1)Cc1cc3[nH]c4cc5[nH]c6ccccc6c5cc4c3cc1-2.c1ccc2c(c1)Cc1ccc3c(ccc4[nH]c5ccccc5c43)c1-2.c1ccc2c(c1)Cc1ccc3c(ccc4c3ccc3[nH]c5ccccc5c34)c1-2.c1ccc2c(c1)Cc1ccc3cc4c(ccc5[nH]c6ccccc6c54)cc3c1-2. The topological polar surface area (TPSA) is 78.9 Å². The number of para-hydroxylation sites is 4. The molecule has 0 unspecified atom stereocenters. The van der Waals surface area contributed by atoms with Crippen LogP contribution >= 0.6 is 0 Å². The number of aromatic amines is 5. The van der Waals surface area contributed by atoms with Gasteiger partial charge in [-0.15, -0.1) is 0 Å². The third-order valence-electron chi connectivity index (χ3n) is 24.4. The monoisotopic (exact) mass is 1360 g/mol. The second kappa shape index (κ2) is 22.4. The van der Waals surface area contributed by atoms with Gasteiger partial charge in [0.05, 0.1) is 0 Å². The van der Waals surface area contributed by atoms with E-state index in [2.05, 4.69) is 340 Å². The van der Waals surface area contributed by atoms with Crippen LogP contribution in [0.2, 0.25) is 0 Å². The molecule has 0 saturated carbocycles. The Kier molecular flexibility index (Phi) is 12.3. The molecule has 0 radical (unpaired) electrons. The molecule has 0 amide bonds. The molecule has 0 saturated heterocycles. The van der Waals surface area contributed by atoms with Gasteiger partial charge in [-0.3, -0.25) is 0 Å². The van der Waals surface area contributed by atoms with Gasteiger partial charge >= 0.3 is 0 Å². The molecular weight excluding hydrogens is 1300 g/mol. The molecule has 107 heavy (non-hydrogen) atoms. The van der Waals surface area contributed by atoms with Crippen LogP contribution in [0.1, 0.15) is 44.5 Å². The highest BCUT2D eigenvalue weighted by atomic mass is 14.7. The number of hydrogen-bond donors (Lipinski definition) is 5.